The van der Waals surface area contributed by atoms with Crippen LogP contribution in [0.4, 0.5) is 0 Å². The van der Waals surface area contributed by atoms with Gasteiger partial charge in [0.05, 0.1) is 6.54 Å². The van der Waals surface area contributed by atoms with Gasteiger partial charge in [0.15, 0.2) is 0 Å². The van der Waals surface area contributed by atoms with Gasteiger partial charge < -0.3 is 9.88 Å². The molecule has 0 aliphatic rings. The minimum atomic E-state index is -0.710. The molecule has 0 aliphatic carbocycles. The molecule has 0 aromatic carbocycles. The molecule has 17 heavy (non-hydrogen) atoms. The lowest BCUT2D eigenvalue weighted by Gasteiger charge is -2.18. The Hall–Kier alpha value is -2.29. The first kappa shape index (κ1) is 12.8. The van der Waals surface area contributed by atoms with Crippen molar-refractivity contribution in [2.24, 2.45) is 0 Å². The molecular formula is C11H13N3O3. The average Bonchev–Trinajstić information content (AvgIpc) is 2.26. The Morgan fingerprint density at radius 1 is 1.47 bits per heavy atom. The van der Waals surface area contributed by atoms with Gasteiger partial charge in [-0.2, -0.15) is 0 Å². The number of rotatable bonds is 4. The van der Waals surface area contributed by atoms with E-state index in [1.54, 1.807) is 0 Å². The van der Waals surface area contributed by atoms with Crippen molar-refractivity contribution in [3.63, 3.8) is 0 Å². The maximum atomic E-state index is 11.9. The molecule has 0 bridgehead atoms. The summed E-state index contributed by atoms with van der Waals surface area (Å²) in [6.07, 6.45) is 5.89. The van der Waals surface area contributed by atoms with Crippen LogP contribution in [0.25, 0.3) is 0 Å². The SMILES string of the molecule is C#CCN(CCC)C(=O)c1cc(=O)[nH]c(=O)[nH]1. The van der Waals surface area contributed by atoms with E-state index >= 15 is 0 Å². The molecule has 1 heterocycles. The maximum absolute atomic E-state index is 11.9. The van der Waals surface area contributed by atoms with Gasteiger partial charge in [0.1, 0.15) is 5.69 Å². The lowest BCUT2D eigenvalue weighted by molar-refractivity contribution is 0.0770. The summed E-state index contributed by atoms with van der Waals surface area (Å²) >= 11 is 0. The van der Waals surface area contributed by atoms with Gasteiger partial charge in [-0.1, -0.05) is 12.8 Å². The lowest BCUT2D eigenvalue weighted by Crippen LogP contribution is -2.35. The van der Waals surface area contributed by atoms with Crippen molar-refractivity contribution in [1.82, 2.24) is 14.9 Å². The predicted molar refractivity (Wildman–Crippen MR) is 62.7 cm³/mol. The van der Waals surface area contributed by atoms with Crippen LogP contribution in [0.3, 0.4) is 0 Å². The number of carbonyl (C=O) groups is 1. The van der Waals surface area contributed by atoms with Crippen LogP contribution in [0.5, 0.6) is 0 Å². The van der Waals surface area contributed by atoms with Crippen LogP contribution in [0.2, 0.25) is 0 Å². The molecule has 1 rings (SSSR count). The number of hydrogen-bond acceptors (Lipinski definition) is 3. The van der Waals surface area contributed by atoms with Crippen LogP contribution < -0.4 is 11.2 Å². The second kappa shape index (κ2) is 5.70. The molecule has 0 unspecified atom stereocenters. The third kappa shape index (κ3) is 3.34. The van der Waals surface area contributed by atoms with Gasteiger partial charge in [0.2, 0.25) is 0 Å². The molecule has 0 spiro atoms. The molecule has 90 valence electrons. The van der Waals surface area contributed by atoms with Crippen LogP contribution in [-0.4, -0.2) is 33.9 Å². The number of aromatic nitrogens is 2. The van der Waals surface area contributed by atoms with E-state index < -0.39 is 17.2 Å². The van der Waals surface area contributed by atoms with Crippen LogP contribution >= 0.6 is 0 Å². The van der Waals surface area contributed by atoms with Crippen molar-refractivity contribution in [1.29, 1.82) is 0 Å². The number of nitrogens with one attached hydrogen (secondary N) is 2. The van der Waals surface area contributed by atoms with E-state index in [2.05, 4.69) is 10.9 Å². The van der Waals surface area contributed by atoms with Crippen LogP contribution in [-0.2, 0) is 0 Å². The van der Waals surface area contributed by atoms with E-state index in [1.807, 2.05) is 11.9 Å². The van der Waals surface area contributed by atoms with Crippen LogP contribution in [0.1, 0.15) is 23.8 Å². The second-order valence-electron chi connectivity index (χ2n) is 3.43. The van der Waals surface area contributed by atoms with Crippen molar-refractivity contribution in [2.75, 3.05) is 13.1 Å². The molecular weight excluding hydrogens is 222 g/mol. The number of aromatic amines is 2. The summed E-state index contributed by atoms with van der Waals surface area (Å²) in [7, 11) is 0. The first-order chi connectivity index (χ1) is 8.08. The molecule has 1 aromatic rings. The van der Waals surface area contributed by atoms with Crippen molar-refractivity contribution in [2.45, 2.75) is 13.3 Å². The van der Waals surface area contributed by atoms with Crippen LogP contribution in [0.15, 0.2) is 15.7 Å². The first-order valence-corrected chi connectivity index (χ1v) is 5.15. The number of hydrogen-bond donors (Lipinski definition) is 2. The Labute approximate surface area is 97.7 Å². The van der Waals surface area contributed by atoms with Crippen molar-refractivity contribution in [3.05, 3.63) is 32.6 Å². The highest BCUT2D eigenvalue weighted by Crippen LogP contribution is 1.98. The van der Waals surface area contributed by atoms with Gasteiger partial charge in [-0.15, -0.1) is 6.42 Å². The van der Waals surface area contributed by atoms with Crippen molar-refractivity contribution >= 4 is 5.91 Å². The molecule has 0 aliphatic heterocycles. The third-order valence-electron chi connectivity index (χ3n) is 2.05. The van der Waals surface area contributed by atoms with E-state index in [-0.39, 0.29) is 12.2 Å². The summed E-state index contributed by atoms with van der Waals surface area (Å²) in [5.41, 5.74) is -1.38. The molecule has 2 N–H and O–H groups in total. The van der Waals surface area contributed by atoms with E-state index in [1.165, 1.54) is 4.90 Å². The third-order valence-corrected chi connectivity index (χ3v) is 2.05. The van der Waals surface area contributed by atoms with Gasteiger partial charge in [-0.05, 0) is 6.42 Å². The van der Waals surface area contributed by atoms with Gasteiger partial charge in [0.25, 0.3) is 11.5 Å². The highest BCUT2D eigenvalue weighted by atomic mass is 16.2. The number of H-pyrrole nitrogens is 2. The van der Waals surface area contributed by atoms with E-state index in [0.717, 1.165) is 12.5 Å². The highest BCUT2D eigenvalue weighted by Gasteiger charge is 2.15. The maximum Gasteiger partial charge on any atom is 0.326 e. The smallest absolute Gasteiger partial charge is 0.326 e. The standard InChI is InChI=1S/C11H13N3O3/c1-3-5-14(6-4-2)10(16)8-7-9(15)13-11(17)12-8/h1,7H,4-6H2,2H3,(H2,12,13,15,17). The Bertz CT molecular complexity index is 522. The Balaban J connectivity index is 3.05. The molecule has 0 saturated heterocycles. The van der Waals surface area contributed by atoms with Crippen molar-refractivity contribution < 1.29 is 4.79 Å². The Morgan fingerprint density at radius 2 is 2.18 bits per heavy atom. The summed E-state index contributed by atoms with van der Waals surface area (Å²) in [6, 6.07) is 1.04. The fourth-order valence-electron chi connectivity index (χ4n) is 1.39. The molecule has 0 fully saturated rings. The summed E-state index contributed by atoms with van der Waals surface area (Å²) in [5.74, 6) is 1.91. The minimum Gasteiger partial charge on any atom is -0.326 e. The van der Waals surface area contributed by atoms with E-state index in [0.29, 0.717) is 6.54 Å². The number of amides is 1. The quantitative estimate of drug-likeness (QED) is 0.693. The van der Waals surface area contributed by atoms with Crippen molar-refractivity contribution in [3.8, 4) is 12.3 Å². The summed E-state index contributed by atoms with van der Waals surface area (Å²) in [5, 5.41) is 0. The molecule has 0 atom stereocenters. The fourth-order valence-corrected chi connectivity index (χ4v) is 1.39. The highest BCUT2D eigenvalue weighted by molar-refractivity contribution is 5.92. The molecule has 6 nitrogen and oxygen atoms in total. The van der Waals surface area contributed by atoms with E-state index in [4.69, 9.17) is 6.42 Å². The monoisotopic (exact) mass is 235 g/mol. The summed E-state index contributed by atoms with van der Waals surface area (Å²) in [4.78, 5) is 39.7. The fraction of sp³-hybridized carbons (Fsp3) is 0.364. The molecule has 1 aromatic heterocycles. The second-order valence-corrected chi connectivity index (χ2v) is 3.43. The zero-order valence-electron chi connectivity index (χ0n) is 9.45. The van der Waals surface area contributed by atoms with Gasteiger partial charge in [-0.3, -0.25) is 14.6 Å². The largest absolute Gasteiger partial charge is 0.326 e. The van der Waals surface area contributed by atoms with Gasteiger partial charge >= 0.3 is 5.69 Å². The summed E-state index contributed by atoms with van der Waals surface area (Å²) in [6.45, 7) is 2.51. The lowest BCUT2D eigenvalue weighted by atomic mass is 10.3. The average molecular weight is 235 g/mol. The zero-order valence-corrected chi connectivity index (χ0v) is 9.45. The topological polar surface area (TPSA) is 86.0 Å². The predicted octanol–water partition coefficient (Wildman–Crippen LogP) is -0.451. The normalized spacial score (nSPS) is 9.65. The Kier molecular flexibility index (Phi) is 4.29. The molecule has 0 radical (unpaired) electrons. The number of nitrogens with zero attached hydrogens (tertiary/aromatic N) is 1. The van der Waals surface area contributed by atoms with E-state index in [9.17, 15) is 14.4 Å². The zero-order chi connectivity index (χ0) is 12.8. The minimum absolute atomic E-state index is 0.0533. The van der Waals surface area contributed by atoms with Gasteiger partial charge in [-0.25, -0.2) is 4.79 Å². The molecule has 0 saturated carbocycles. The van der Waals surface area contributed by atoms with Gasteiger partial charge in [0, 0.05) is 12.6 Å². The molecule has 6 heteroatoms. The number of carbonyl (C=O) groups excluding carboxylic acids is 1. The number of terminal acetylenes is 1. The van der Waals surface area contributed by atoms with Crippen LogP contribution in [0, 0.1) is 12.3 Å². The summed E-state index contributed by atoms with van der Waals surface area (Å²) < 4.78 is 0. The molecule has 1 amide bonds. The first-order valence-electron chi connectivity index (χ1n) is 5.15. The Morgan fingerprint density at radius 3 is 2.71 bits per heavy atom.